The number of carbonyl (C=O) groups is 1. The lowest BCUT2D eigenvalue weighted by Gasteiger charge is -2.32. The van der Waals surface area contributed by atoms with Crippen LogP contribution in [0.2, 0.25) is 0 Å². The predicted octanol–water partition coefficient (Wildman–Crippen LogP) is 3.23. The van der Waals surface area contributed by atoms with Crippen molar-refractivity contribution in [3.8, 4) is 0 Å². The number of halogens is 1. The Morgan fingerprint density at radius 2 is 2.08 bits per heavy atom. The first kappa shape index (κ1) is 16.0. The highest BCUT2D eigenvalue weighted by Crippen LogP contribution is 2.31. The molecule has 1 N–H and O–H groups in total. The van der Waals surface area contributed by atoms with Gasteiger partial charge in [0.25, 0.3) is 5.91 Å². The van der Waals surface area contributed by atoms with Gasteiger partial charge in [0.2, 0.25) is 0 Å². The third kappa shape index (κ3) is 3.32. The quantitative estimate of drug-likeness (QED) is 0.783. The van der Waals surface area contributed by atoms with Gasteiger partial charge < -0.3 is 10.2 Å². The molecule has 0 unspecified atom stereocenters. The Morgan fingerprint density at radius 1 is 1.24 bits per heavy atom. The number of piperidine rings is 1. The van der Waals surface area contributed by atoms with Gasteiger partial charge in [0.1, 0.15) is 11.3 Å². The van der Waals surface area contributed by atoms with Crippen molar-refractivity contribution in [3.05, 3.63) is 54.1 Å². The van der Waals surface area contributed by atoms with Crippen LogP contribution in [0.3, 0.4) is 0 Å². The maximum Gasteiger partial charge on any atom is 0.253 e. The van der Waals surface area contributed by atoms with Crippen molar-refractivity contribution in [2.24, 2.45) is 0 Å². The van der Waals surface area contributed by atoms with Gasteiger partial charge in [-0.3, -0.25) is 9.78 Å². The van der Waals surface area contributed by atoms with Crippen molar-refractivity contribution >= 4 is 32.6 Å². The highest BCUT2D eigenvalue weighted by Gasteiger charge is 2.23. The molecule has 0 radical (unpaired) electrons. The average Bonchev–Trinajstić information content (AvgIpc) is 3.09. The summed E-state index contributed by atoms with van der Waals surface area (Å²) in [4.78, 5) is 22.8. The van der Waals surface area contributed by atoms with E-state index in [2.05, 4.69) is 20.2 Å². The normalized spacial score (nSPS) is 15.5. The maximum absolute atomic E-state index is 13.8. The Labute approximate surface area is 148 Å². The van der Waals surface area contributed by atoms with Crippen molar-refractivity contribution in [3.63, 3.8) is 0 Å². The molecule has 0 spiro atoms. The Kier molecular flexibility index (Phi) is 4.31. The molecule has 25 heavy (non-hydrogen) atoms. The number of pyridine rings is 1. The summed E-state index contributed by atoms with van der Waals surface area (Å²) in [6.07, 6.45) is 4.89. The van der Waals surface area contributed by atoms with Gasteiger partial charge in [-0.1, -0.05) is 17.4 Å². The van der Waals surface area contributed by atoms with Gasteiger partial charge in [-0.2, -0.15) is 0 Å². The molecule has 5 nitrogen and oxygen atoms in total. The van der Waals surface area contributed by atoms with Crippen LogP contribution in [0.25, 0.3) is 10.2 Å². The van der Waals surface area contributed by atoms with E-state index in [4.69, 9.17) is 0 Å². The Bertz CT molecular complexity index is 890. The van der Waals surface area contributed by atoms with E-state index in [-0.39, 0.29) is 17.8 Å². The van der Waals surface area contributed by atoms with E-state index in [1.54, 1.807) is 30.6 Å². The van der Waals surface area contributed by atoms with Crippen molar-refractivity contribution in [2.75, 3.05) is 18.0 Å². The molecule has 1 saturated heterocycles. The molecule has 1 aliphatic rings. The zero-order chi connectivity index (χ0) is 17.2. The van der Waals surface area contributed by atoms with Crippen LogP contribution in [0.4, 0.5) is 9.52 Å². The number of fused-ring (bicyclic) bond motifs is 1. The lowest BCUT2D eigenvalue weighted by molar-refractivity contribution is 0.0930. The van der Waals surface area contributed by atoms with E-state index in [1.165, 1.54) is 17.4 Å². The SMILES string of the molecule is O=C(NC1CCN(c2nc3c(F)cccc3s2)CC1)c1cccnc1. The van der Waals surface area contributed by atoms with E-state index < -0.39 is 0 Å². The number of aromatic nitrogens is 2. The maximum atomic E-state index is 13.8. The van der Waals surface area contributed by atoms with Crippen LogP contribution in [0, 0.1) is 5.82 Å². The molecule has 7 heteroatoms. The number of hydrogen-bond acceptors (Lipinski definition) is 5. The van der Waals surface area contributed by atoms with Gasteiger partial charge in [0.05, 0.1) is 10.3 Å². The predicted molar refractivity (Wildman–Crippen MR) is 96.5 cm³/mol. The molecular formula is C18H17FN4OS. The molecule has 1 fully saturated rings. The van der Waals surface area contributed by atoms with E-state index in [1.807, 2.05) is 6.07 Å². The van der Waals surface area contributed by atoms with Crippen LogP contribution in [-0.2, 0) is 0 Å². The average molecular weight is 356 g/mol. The Morgan fingerprint density at radius 3 is 2.80 bits per heavy atom. The van der Waals surface area contributed by atoms with Crippen molar-refractivity contribution < 1.29 is 9.18 Å². The number of hydrogen-bond donors (Lipinski definition) is 1. The largest absolute Gasteiger partial charge is 0.349 e. The number of para-hydroxylation sites is 1. The number of rotatable bonds is 3. The van der Waals surface area contributed by atoms with Crippen molar-refractivity contribution in [1.29, 1.82) is 0 Å². The Balaban J connectivity index is 1.39. The molecule has 3 aromatic rings. The second kappa shape index (κ2) is 6.76. The van der Waals surface area contributed by atoms with Crippen LogP contribution in [-0.4, -0.2) is 35.0 Å². The van der Waals surface area contributed by atoms with Crippen LogP contribution < -0.4 is 10.2 Å². The van der Waals surface area contributed by atoms with E-state index in [0.29, 0.717) is 11.1 Å². The minimum absolute atomic E-state index is 0.0893. The van der Waals surface area contributed by atoms with Gasteiger partial charge in [-0.25, -0.2) is 9.37 Å². The van der Waals surface area contributed by atoms with Gasteiger partial charge in [0.15, 0.2) is 5.13 Å². The van der Waals surface area contributed by atoms with Gasteiger partial charge >= 0.3 is 0 Å². The molecule has 0 aliphatic carbocycles. The summed E-state index contributed by atoms with van der Waals surface area (Å²) in [5.41, 5.74) is 1.01. The van der Waals surface area contributed by atoms with E-state index >= 15 is 0 Å². The number of anilines is 1. The number of nitrogens with zero attached hydrogens (tertiary/aromatic N) is 3. The Hall–Kier alpha value is -2.54. The molecular weight excluding hydrogens is 339 g/mol. The fourth-order valence-corrected chi connectivity index (χ4v) is 4.05. The zero-order valence-corrected chi connectivity index (χ0v) is 14.3. The molecule has 0 bridgehead atoms. The summed E-state index contributed by atoms with van der Waals surface area (Å²) < 4.78 is 14.7. The van der Waals surface area contributed by atoms with Crippen molar-refractivity contribution in [1.82, 2.24) is 15.3 Å². The summed E-state index contributed by atoms with van der Waals surface area (Å²) in [5, 5.41) is 3.90. The highest BCUT2D eigenvalue weighted by molar-refractivity contribution is 7.22. The number of benzene rings is 1. The summed E-state index contributed by atoms with van der Waals surface area (Å²) in [6.45, 7) is 1.58. The highest BCUT2D eigenvalue weighted by atomic mass is 32.1. The lowest BCUT2D eigenvalue weighted by atomic mass is 10.1. The molecule has 128 valence electrons. The van der Waals surface area contributed by atoms with Crippen LogP contribution in [0.5, 0.6) is 0 Å². The van der Waals surface area contributed by atoms with E-state index in [0.717, 1.165) is 35.8 Å². The first-order chi connectivity index (χ1) is 12.2. The molecule has 0 saturated carbocycles. The second-order valence-electron chi connectivity index (χ2n) is 6.06. The van der Waals surface area contributed by atoms with Gasteiger partial charge in [-0.15, -0.1) is 0 Å². The van der Waals surface area contributed by atoms with E-state index in [9.17, 15) is 9.18 Å². The first-order valence-electron chi connectivity index (χ1n) is 8.21. The number of carbonyl (C=O) groups excluding carboxylic acids is 1. The minimum Gasteiger partial charge on any atom is -0.349 e. The number of nitrogens with one attached hydrogen (secondary N) is 1. The first-order valence-corrected chi connectivity index (χ1v) is 9.03. The molecule has 2 aromatic heterocycles. The standard InChI is InChI=1S/C18H17FN4OS/c19-14-4-1-5-15-16(14)22-18(25-15)23-9-6-13(7-10-23)21-17(24)12-3-2-8-20-11-12/h1-5,8,11,13H,6-7,9-10H2,(H,21,24). The second-order valence-corrected chi connectivity index (χ2v) is 7.07. The van der Waals surface area contributed by atoms with Crippen molar-refractivity contribution in [2.45, 2.75) is 18.9 Å². The van der Waals surface area contributed by atoms with Gasteiger partial charge in [-0.05, 0) is 37.1 Å². The fraction of sp³-hybridized carbons (Fsp3) is 0.278. The molecule has 4 rings (SSSR count). The summed E-state index contributed by atoms with van der Waals surface area (Å²) in [5.74, 6) is -0.368. The third-order valence-corrected chi connectivity index (χ3v) is 5.46. The fourth-order valence-electron chi connectivity index (χ4n) is 3.02. The topological polar surface area (TPSA) is 58.1 Å². The molecule has 1 aliphatic heterocycles. The number of thiazole rings is 1. The molecule has 1 amide bonds. The summed E-state index contributed by atoms with van der Waals surface area (Å²) >= 11 is 1.51. The van der Waals surface area contributed by atoms with Crippen LogP contribution in [0.1, 0.15) is 23.2 Å². The summed E-state index contributed by atoms with van der Waals surface area (Å²) in [7, 11) is 0. The smallest absolute Gasteiger partial charge is 0.253 e. The number of amides is 1. The molecule has 0 atom stereocenters. The molecule has 3 heterocycles. The van der Waals surface area contributed by atoms with Crippen LogP contribution in [0.15, 0.2) is 42.7 Å². The summed E-state index contributed by atoms with van der Waals surface area (Å²) in [6, 6.07) is 8.68. The lowest BCUT2D eigenvalue weighted by Crippen LogP contribution is -2.44. The monoisotopic (exact) mass is 356 g/mol. The zero-order valence-electron chi connectivity index (χ0n) is 13.5. The minimum atomic E-state index is -0.279. The van der Waals surface area contributed by atoms with Gasteiger partial charge in [0, 0.05) is 31.5 Å². The van der Waals surface area contributed by atoms with Crippen LogP contribution >= 0.6 is 11.3 Å². The molecule has 1 aromatic carbocycles. The third-order valence-electron chi connectivity index (χ3n) is 4.38.